The average Bonchev–Trinajstić information content (AvgIpc) is 3.03. The summed E-state index contributed by atoms with van der Waals surface area (Å²) in [5, 5.41) is 9.96. The van der Waals surface area contributed by atoms with E-state index in [1.54, 1.807) is 6.20 Å². The number of urea groups is 1. The van der Waals surface area contributed by atoms with Crippen molar-refractivity contribution in [2.45, 2.75) is 38.3 Å². The molecule has 1 atom stereocenters. The van der Waals surface area contributed by atoms with Crippen molar-refractivity contribution in [3.63, 3.8) is 0 Å². The van der Waals surface area contributed by atoms with Crippen molar-refractivity contribution in [1.29, 1.82) is 0 Å². The number of benzene rings is 1. The Kier molecular flexibility index (Phi) is 5.85. The van der Waals surface area contributed by atoms with Crippen molar-refractivity contribution in [3.8, 4) is 0 Å². The molecule has 1 aromatic carbocycles. The van der Waals surface area contributed by atoms with Gasteiger partial charge >= 0.3 is 6.03 Å². The van der Waals surface area contributed by atoms with Crippen LogP contribution in [0.5, 0.6) is 0 Å². The van der Waals surface area contributed by atoms with Gasteiger partial charge in [0, 0.05) is 19.3 Å². The Bertz CT molecular complexity index is 635. The predicted octanol–water partition coefficient (Wildman–Crippen LogP) is 2.82. The highest BCUT2D eigenvalue weighted by Gasteiger charge is 2.15. The molecule has 2 aromatic rings. The van der Waals surface area contributed by atoms with Gasteiger partial charge in [0.2, 0.25) is 0 Å². The van der Waals surface area contributed by atoms with E-state index in [9.17, 15) is 4.79 Å². The fourth-order valence-corrected chi connectivity index (χ4v) is 2.83. The monoisotopic (exact) mass is 328 g/mol. The van der Waals surface area contributed by atoms with Crippen LogP contribution in [0.4, 0.5) is 10.5 Å². The summed E-state index contributed by atoms with van der Waals surface area (Å²) < 4.78 is 7.54. The van der Waals surface area contributed by atoms with Crippen LogP contribution in [-0.4, -0.2) is 35.1 Å². The average molecular weight is 328 g/mol. The summed E-state index contributed by atoms with van der Waals surface area (Å²) in [4.78, 5) is 11.9. The van der Waals surface area contributed by atoms with Gasteiger partial charge in [0.15, 0.2) is 0 Å². The van der Waals surface area contributed by atoms with Crippen molar-refractivity contribution < 1.29 is 9.53 Å². The lowest BCUT2D eigenvalue weighted by molar-refractivity contribution is 0.00401. The maximum Gasteiger partial charge on any atom is 0.319 e. The Morgan fingerprint density at radius 1 is 1.29 bits per heavy atom. The highest BCUT2D eigenvalue weighted by Crippen LogP contribution is 2.15. The molecular weight excluding hydrogens is 304 g/mol. The Labute approximate surface area is 142 Å². The van der Waals surface area contributed by atoms with E-state index >= 15 is 0 Å². The number of ether oxygens (including phenoxy) is 1. The second kappa shape index (κ2) is 8.49. The third-order valence-corrected chi connectivity index (χ3v) is 4.10. The summed E-state index contributed by atoms with van der Waals surface area (Å²) in [5.74, 6) is 0. The molecule has 0 radical (unpaired) electrons. The maximum absolute atomic E-state index is 11.9. The molecule has 6 heteroatoms. The number of anilines is 1. The standard InChI is InChI=1S/C18H24N4O2/c23-18(19-10-9-15-6-2-1-3-7-15)21-16-12-20-22(13-16)14-17-8-4-5-11-24-17/h1-3,6-7,12-13,17H,4-5,8-11,14H2,(H2,19,21,23). The van der Waals surface area contributed by atoms with E-state index in [0.717, 1.165) is 32.4 Å². The Morgan fingerprint density at radius 2 is 2.17 bits per heavy atom. The first-order chi connectivity index (χ1) is 11.8. The summed E-state index contributed by atoms with van der Waals surface area (Å²) in [6.07, 6.45) is 7.97. The molecule has 3 rings (SSSR count). The highest BCUT2D eigenvalue weighted by atomic mass is 16.5. The first-order valence-corrected chi connectivity index (χ1v) is 8.52. The molecule has 1 aliphatic rings. The summed E-state index contributed by atoms with van der Waals surface area (Å²) in [6, 6.07) is 9.88. The van der Waals surface area contributed by atoms with E-state index in [0.29, 0.717) is 12.2 Å². The smallest absolute Gasteiger partial charge is 0.319 e. The summed E-state index contributed by atoms with van der Waals surface area (Å²) in [5.41, 5.74) is 1.90. The Balaban J connectivity index is 1.40. The van der Waals surface area contributed by atoms with Crippen LogP contribution in [0.25, 0.3) is 0 Å². The van der Waals surface area contributed by atoms with Crippen molar-refractivity contribution in [1.82, 2.24) is 15.1 Å². The first kappa shape index (κ1) is 16.5. The minimum absolute atomic E-state index is 0.209. The van der Waals surface area contributed by atoms with E-state index in [4.69, 9.17) is 4.74 Å². The molecule has 1 aliphatic heterocycles. The molecule has 0 saturated carbocycles. The van der Waals surface area contributed by atoms with Crippen LogP contribution < -0.4 is 10.6 Å². The highest BCUT2D eigenvalue weighted by molar-refractivity contribution is 5.88. The van der Waals surface area contributed by atoms with E-state index in [2.05, 4.69) is 27.9 Å². The van der Waals surface area contributed by atoms with E-state index in [1.807, 2.05) is 29.1 Å². The van der Waals surface area contributed by atoms with Gasteiger partial charge in [-0.2, -0.15) is 5.10 Å². The minimum Gasteiger partial charge on any atom is -0.376 e. The van der Waals surface area contributed by atoms with Gasteiger partial charge in [-0.25, -0.2) is 4.79 Å². The van der Waals surface area contributed by atoms with Gasteiger partial charge in [0.1, 0.15) is 0 Å². The molecule has 0 bridgehead atoms. The second-order valence-corrected chi connectivity index (χ2v) is 6.06. The zero-order valence-electron chi connectivity index (χ0n) is 13.8. The van der Waals surface area contributed by atoms with Crippen LogP contribution in [0.1, 0.15) is 24.8 Å². The van der Waals surface area contributed by atoms with Crippen LogP contribution in [0.15, 0.2) is 42.7 Å². The number of nitrogens with zero attached hydrogens (tertiary/aromatic N) is 2. The molecule has 1 saturated heterocycles. The van der Waals surface area contributed by atoms with Gasteiger partial charge in [-0.15, -0.1) is 0 Å². The van der Waals surface area contributed by atoms with Gasteiger partial charge in [-0.3, -0.25) is 4.68 Å². The van der Waals surface area contributed by atoms with Gasteiger partial charge in [0.05, 0.1) is 24.5 Å². The first-order valence-electron chi connectivity index (χ1n) is 8.52. The maximum atomic E-state index is 11.9. The number of hydrogen-bond donors (Lipinski definition) is 2. The summed E-state index contributed by atoms with van der Waals surface area (Å²) in [6.45, 7) is 2.16. The minimum atomic E-state index is -0.209. The summed E-state index contributed by atoms with van der Waals surface area (Å²) >= 11 is 0. The van der Waals surface area contributed by atoms with Crippen molar-refractivity contribution in [2.24, 2.45) is 0 Å². The number of carbonyl (C=O) groups excluding carboxylic acids is 1. The molecule has 0 aliphatic carbocycles. The zero-order valence-corrected chi connectivity index (χ0v) is 13.8. The lowest BCUT2D eigenvalue weighted by Crippen LogP contribution is -2.30. The number of rotatable bonds is 6. The van der Waals surface area contributed by atoms with Gasteiger partial charge < -0.3 is 15.4 Å². The molecule has 1 unspecified atom stereocenters. The van der Waals surface area contributed by atoms with Gasteiger partial charge in [-0.1, -0.05) is 30.3 Å². The number of aromatic nitrogens is 2. The van der Waals surface area contributed by atoms with Crippen LogP contribution in [0.3, 0.4) is 0 Å². The van der Waals surface area contributed by atoms with E-state index < -0.39 is 0 Å². The van der Waals surface area contributed by atoms with Gasteiger partial charge in [-0.05, 0) is 31.2 Å². The van der Waals surface area contributed by atoms with Crippen molar-refractivity contribution >= 4 is 11.7 Å². The number of carbonyl (C=O) groups is 1. The molecular formula is C18H24N4O2. The topological polar surface area (TPSA) is 68.2 Å². The van der Waals surface area contributed by atoms with Crippen LogP contribution in [0, 0.1) is 0 Å². The molecule has 2 N–H and O–H groups in total. The lowest BCUT2D eigenvalue weighted by Gasteiger charge is -2.22. The fourth-order valence-electron chi connectivity index (χ4n) is 2.83. The second-order valence-electron chi connectivity index (χ2n) is 6.06. The normalized spacial score (nSPS) is 17.4. The molecule has 1 fully saturated rings. The third kappa shape index (κ3) is 5.09. The molecule has 6 nitrogen and oxygen atoms in total. The molecule has 1 aromatic heterocycles. The predicted molar refractivity (Wildman–Crippen MR) is 93.0 cm³/mol. The molecule has 24 heavy (non-hydrogen) atoms. The van der Waals surface area contributed by atoms with Crippen LogP contribution in [-0.2, 0) is 17.7 Å². The van der Waals surface area contributed by atoms with Crippen LogP contribution in [0.2, 0.25) is 0 Å². The van der Waals surface area contributed by atoms with Gasteiger partial charge in [0.25, 0.3) is 0 Å². The SMILES string of the molecule is O=C(NCCc1ccccc1)Nc1cnn(CC2CCCCO2)c1. The number of nitrogens with one attached hydrogen (secondary N) is 2. The van der Waals surface area contributed by atoms with Crippen LogP contribution >= 0.6 is 0 Å². The number of amides is 2. The molecule has 2 heterocycles. The number of hydrogen-bond acceptors (Lipinski definition) is 3. The fraction of sp³-hybridized carbons (Fsp3) is 0.444. The van der Waals surface area contributed by atoms with Crippen molar-refractivity contribution in [2.75, 3.05) is 18.5 Å². The lowest BCUT2D eigenvalue weighted by atomic mass is 10.1. The Hall–Kier alpha value is -2.34. The van der Waals surface area contributed by atoms with Crippen molar-refractivity contribution in [3.05, 3.63) is 48.3 Å². The third-order valence-electron chi connectivity index (χ3n) is 4.10. The quantitative estimate of drug-likeness (QED) is 0.857. The van der Waals surface area contributed by atoms with E-state index in [1.165, 1.54) is 12.0 Å². The largest absolute Gasteiger partial charge is 0.376 e. The van der Waals surface area contributed by atoms with E-state index in [-0.39, 0.29) is 12.1 Å². The molecule has 2 amide bonds. The summed E-state index contributed by atoms with van der Waals surface area (Å²) in [7, 11) is 0. The zero-order chi connectivity index (χ0) is 16.6. The Morgan fingerprint density at radius 3 is 2.96 bits per heavy atom. The molecule has 0 spiro atoms. The molecule has 128 valence electrons.